The van der Waals surface area contributed by atoms with Gasteiger partial charge in [-0.05, 0) is 67.5 Å². The highest BCUT2D eigenvalue weighted by Crippen LogP contribution is 2.22. The van der Waals surface area contributed by atoms with Crippen molar-refractivity contribution >= 4 is 17.5 Å². The predicted octanol–water partition coefficient (Wildman–Crippen LogP) is 3.50. The second-order valence-electron chi connectivity index (χ2n) is 6.48. The Bertz CT molecular complexity index is 783. The van der Waals surface area contributed by atoms with Crippen LogP contribution in [-0.2, 0) is 24.1 Å². The number of amides is 2. The van der Waals surface area contributed by atoms with E-state index in [1.54, 1.807) is 24.3 Å². The number of anilines is 1. The van der Waals surface area contributed by atoms with Gasteiger partial charge in [-0.15, -0.1) is 0 Å². The summed E-state index contributed by atoms with van der Waals surface area (Å²) in [5.41, 5.74) is 5.04. The van der Waals surface area contributed by atoms with Crippen LogP contribution in [0.5, 0.6) is 0 Å². The first-order valence-electron chi connectivity index (χ1n) is 8.94. The molecule has 4 heteroatoms. The highest BCUT2D eigenvalue weighted by Gasteiger charge is 2.12. The molecule has 0 spiro atoms. The third-order valence-electron chi connectivity index (χ3n) is 4.52. The van der Waals surface area contributed by atoms with Gasteiger partial charge in [0.25, 0.3) is 5.91 Å². The molecule has 1 aliphatic rings. The van der Waals surface area contributed by atoms with E-state index in [0.29, 0.717) is 24.2 Å². The first-order chi connectivity index (χ1) is 12.2. The molecule has 0 saturated heterocycles. The molecule has 2 aromatic rings. The van der Waals surface area contributed by atoms with Crippen molar-refractivity contribution in [1.82, 2.24) is 5.32 Å². The summed E-state index contributed by atoms with van der Waals surface area (Å²) in [7, 11) is 0. The molecule has 2 aromatic carbocycles. The standard InChI is InChI=1S/C21H24N2O2/c1-2-22-21(25)18-8-5-9-19(14-18)23-20(24)13-15-10-11-16-6-3-4-7-17(16)12-15/h5,8-12,14H,2-4,6-7,13H2,1H3,(H,22,25)(H,23,24). The minimum atomic E-state index is -0.131. The Morgan fingerprint density at radius 3 is 2.60 bits per heavy atom. The smallest absolute Gasteiger partial charge is 0.251 e. The van der Waals surface area contributed by atoms with Crippen molar-refractivity contribution in [2.75, 3.05) is 11.9 Å². The number of carbonyl (C=O) groups excluding carboxylic acids is 2. The third-order valence-corrected chi connectivity index (χ3v) is 4.52. The molecule has 2 amide bonds. The molecule has 2 N–H and O–H groups in total. The summed E-state index contributed by atoms with van der Waals surface area (Å²) in [5, 5.41) is 5.65. The van der Waals surface area contributed by atoms with Crippen molar-refractivity contribution in [1.29, 1.82) is 0 Å². The Morgan fingerprint density at radius 1 is 1.00 bits per heavy atom. The zero-order valence-electron chi connectivity index (χ0n) is 14.6. The summed E-state index contributed by atoms with van der Waals surface area (Å²) in [5.74, 6) is -0.197. The van der Waals surface area contributed by atoms with E-state index in [-0.39, 0.29) is 11.8 Å². The van der Waals surface area contributed by atoms with Crippen LogP contribution in [0.3, 0.4) is 0 Å². The SMILES string of the molecule is CCNC(=O)c1cccc(NC(=O)Cc2ccc3c(c2)CCCC3)c1. The van der Waals surface area contributed by atoms with E-state index in [1.807, 2.05) is 6.92 Å². The van der Waals surface area contributed by atoms with Crippen LogP contribution in [0, 0.1) is 0 Å². The number of hydrogen-bond donors (Lipinski definition) is 2. The number of aryl methyl sites for hydroxylation is 2. The molecule has 0 saturated carbocycles. The van der Waals surface area contributed by atoms with Crippen molar-refractivity contribution in [3.63, 3.8) is 0 Å². The molecule has 1 aliphatic carbocycles. The normalized spacial score (nSPS) is 13.0. The van der Waals surface area contributed by atoms with Crippen LogP contribution in [0.15, 0.2) is 42.5 Å². The lowest BCUT2D eigenvalue weighted by Crippen LogP contribution is -2.23. The first kappa shape index (κ1) is 17.2. The van der Waals surface area contributed by atoms with E-state index in [1.165, 1.54) is 24.0 Å². The van der Waals surface area contributed by atoms with Gasteiger partial charge in [-0.2, -0.15) is 0 Å². The van der Waals surface area contributed by atoms with Gasteiger partial charge in [-0.1, -0.05) is 24.3 Å². The summed E-state index contributed by atoms with van der Waals surface area (Å²) >= 11 is 0. The van der Waals surface area contributed by atoms with Gasteiger partial charge in [0.15, 0.2) is 0 Å². The molecule has 25 heavy (non-hydrogen) atoms. The number of hydrogen-bond acceptors (Lipinski definition) is 2. The summed E-state index contributed by atoms with van der Waals surface area (Å²) in [6.45, 7) is 2.45. The maximum absolute atomic E-state index is 12.3. The summed E-state index contributed by atoms with van der Waals surface area (Å²) in [6, 6.07) is 13.4. The van der Waals surface area contributed by atoms with Gasteiger partial charge in [-0.25, -0.2) is 0 Å². The Hall–Kier alpha value is -2.62. The Morgan fingerprint density at radius 2 is 1.80 bits per heavy atom. The molecule has 4 nitrogen and oxygen atoms in total. The van der Waals surface area contributed by atoms with Crippen LogP contribution in [0.4, 0.5) is 5.69 Å². The van der Waals surface area contributed by atoms with Crippen LogP contribution in [0.25, 0.3) is 0 Å². The number of nitrogens with one attached hydrogen (secondary N) is 2. The van der Waals surface area contributed by atoms with Gasteiger partial charge in [-0.3, -0.25) is 9.59 Å². The maximum atomic E-state index is 12.3. The minimum absolute atomic E-state index is 0.0659. The molecular weight excluding hydrogens is 312 g/mol. The van der Waals surface area contributed by atoms with Gasteiger partial charge in [0.2, 0.25) is 5.91 Å². The van der Waals surface area contributed by atoms with Crippen LogP contribution < -0.4 is 10.6 Å². The molecule has 0 atom stereocenters. The van der Waals surface area contributed by atoms with Crippen molar-refractivity contribution < 1.29 is 9.59 Å². The fraction of sp³-hybridized carbons (Fsp3) is 0.333. The second-order valence-corrected chi connectivity index (χ2v) is 6.48. The number of rotatable bonds is 5. The Balaban J connectivity index is 1.64. The average Bonchev–Trinajstić information content (AvgIpc) is 2.62. The quantitative estimate of drug-likeness (QED) is 0.878. The van der Waals surface area contributed by atoms with E-state index >= 15 is 0 Å². The highest BCUT2D eigenvalue weighted by atomic mass is 16.2. The fourth-order valence-corrected chi connectivity index (χ4v) is 3.29. The zero-order chi connectivity index (χ0) is 17.6. The van der Waals surface area contributed by atoms with Crippen LogP contribution in [-0.4, -0.2) is 18.4 Å². The van der Waals surface area contributed by atoms with Crippen LogP contribution in [0.1, 0.15) is 46.8 Å². The predicted molar refractivity (Wildman–Crippen MR) is 99.9 cm³/mol. The minimum Gasteiger partial charge on any atom is -0.352 e. The van der Waals surface area contributed by atoms with Gasteiger partial charge in [0.1, 0.15) is 0 Å². The zero-order valence-corrected chi connectivity index (χ0v) is 14.6. The summed E-state index contributed by atoms with van der Waals surface area (Å²) in [6.07, 6.45) is 5.09. The third kappa shape index (κ3) is 4.47. The molecule has 3 rings (SSSR count). The molecule has 0 unspecified atom stereocenters. The van der Waals surface area contributed by atoms with Gasteiger partial charge >= 0.3 is 0 Å². The summed E-state index contributed by atoms with van der Waals surface area (Å²) in [4.78, 5) is 24.2. The molecule has 0 radical (unpaired) electrons. The molecule has 0 heterocycles. The average molecular weight is 336 g/mol. The van der Waals surface area contributed by atoms with Gasteiger partial charge in [0.05, 0.1) is 6.42 Å². The molecule has 0 aliphatic heterocycles. The topological polar surface area (TPSA) is 58.2 Å². The summed E-state index contributed by atoms with van der Waals surface area (Å²) < 4.78 is 0. The lowest BCUT2D eigenvalue weighted by Gasteiger charge is -2.16. The molecule has 130 valence electrons. The van der Waals surface area contributed by atoms with Crippen LogP contribution >= 0.6 is 0 Å². The monoisotopic (exact) mass is 336 g/mol. The second kappa shape index (κ2) is 7.97. The van der Waals surface area contributed by atoms with E-state index in [9.17, 15) is 9.59 Å². The number of fused-ring (bicyclic) bond motifs is 1. The Labute approximate surface area is 148 Å². The van der Waals surface area contributed by atoms with Crippen molar-refractivity contribution in [2.45, 2.75) is 39.0 Å². The first-order valence-corrected chi connectivity index (χ1v) is 8.94. The largest absolute Gasteiger partial charge is 0.352 e. The molecule has 0 fully saturated rings. The van der Waals surface area contributed by atoms with E-state index in [4.69, 9.17) is 0 Å². The van der Waals surface area contributed by atoms with Crippen molar-refractivity contribution in [2.24, 2.45) is 0 Å². The van der Waals surface area contributed by atoms with Crippen LogP contribution in [0.2, 0.25) is 0 Å². The van der Waals surface area contributed by atoms with Gasteiger partial charge < -0.3 is 10.6 Å². The molecular formula is C21H24N2O2. The molecule has 0 bridgehead atoms. The number of benzene rings is 2. The van der Waals surface area contributed by atoms with Crippen molar-refractivity contribution in [3.8, 4) is 0 Å². The van der Waals surface area contributed by atoms with E-state index < -0.39 is 0 Å². The maximum Gasteiger partial charge on any atom is 0.251 e. The van der Waals surface area contributed by atoms with Crippen molar-refractivity contribution in [3.05, 3.63) is 64.7 Å². The lowest BCUT2D eigenvalue weighted by atomic mass is 9.90. The van der Waals surface area contributed by atoms with E-state index in [0.717, 1.165) is 18.4 Å². The Kier molecular flexibility index (Phi) is 5.49. The lowest BCUT2D eigenvalue weighted by molar-refractivity contribution is -0.115. The number of carbonyl (C=O) groups is 2. The fourth-order valence-electron chi connectivity index (χ4n) is 3.29. The highest BCUT2D eigenvalue weighted by molar-refractivity contribution is 5.97. The van der Waals surface area contributed by atoms with Gasteiger partial charge in [0, 0.05) is 17.8 Å². The molecule has 0 aromatic heterocycles. The van der Waals surface area contributed by atoms with E-state index in [2.05, 4.69) is 28.8 Å².